The minimum atomic E-state index is 0.601. The zero-order valence-corrected chi connectivity index (χ0v) is 7.83. The normalized spacial score (nSPS) is 16.0. The summed E-state index contributed by atoms with van der Waals surface area (Å²) in [5.41, 5.74) is 1.39. The van der Waals surface area contributed by atoms with E-state index in [1.807, 2.05) is 12.1 Å². The smallest absolute Gasteiger partial charge is 0.0577 e. The zero-order chi connectivity index (χ0) is 8.93. The largest absolute Gasteiger partial charge is 0.378 e. The van der Waals surface area contributed by atoms with Gasteiger partial charge in [-0.3, -0.25) is 0 Å². The third-order valence-electron chi connectivity index (χ3n) is 2.27. The Hall–Kier alpha value is -0.820. The molecule has 0 aromatic heterocycles. The molecule has 1 radical (unpaired) electrons. The number of hydrogen-bond donors (Lipinski definition) is 0. The van der Waals surface area contributed by atoms with E-state index in [-0.39, 0.29) is 0 Å². The highest BCUT2D eigenvalue weighted by molar-refractivity contribution is 5.13. The molecule has 1 saturated carbocycles. The lowest BCUT2D eigenvalue weighted by atomic mass is 10.1. The van der Waals surface area contributed by atoms with Gasteiger partial charge in [-0.1, -0.05) is 24.3 Å². The van der Waals surface area contributed by atoms with E-state index in [4.69, 9.17) is 4.74 Å². The molecule has 1 aliphatic carbocycles. The molecular weight excluding hydrogens is 160 g/mol. The first-order valence-electron chi connectivity index (χ1n) is 5.02. The molecule has 0 atom stereocenters. The minimum absolute atomic E-state index is 0.601. The standard InChI is InChI=1S/C12H15O/c1-2-5-11(6-3-1)7-4-10-13-12-8-9-12/h2-3,5-6,12H,4,7-10H2. The molecule has 1 aromatic carbocycles. The van der Waals surface area contributed by atoms with Gasteiger partial charge < -0.3 is 4.74 Å². The van der Waals surface area contributed by atoms with Crippen molar-refractivity contribution in [3.8, 4) is 0 Å². The van der Waals surface area contributed by atoms with Gasteiger partial charge in [0.2, 0.25) is 0 Å². The third kappa shape index (κ3) is 3.19. The van der Waals surface area contributed by atoms with Gasteiger partial charge in [0, 0.05) is 6.61 Å². The molecular formula is C12H15O. The highest BCUT2D eigenvalue weighted by Gasteiger charge is 2.21. The number of benzene rings is 1. The van der Waals surface area contributed by atoms with Crippen molar-refractivity contribution in [1.29, 1.82) is 0 Å². The van der Waals surface area contributed by atoms with E-state index in [1.165, 1.54) is 18.4 Å². The van der Waals surface area contributed by atoms with Crippen molar-refractivity contribution in [1.82, 2.24) is 0 Å². The Bertz CT molecular complexity index is 239. The Morgan fingerprint density at radius 3 is 2.77 bits per heavy atom. The molecule has 1 fully saturated rings. The Morgan fingerprint density at radius 2 is 2.08 bits per heavy atom. The molecule has 0 heterocycles. The van der Waals surface area contributed by atoms with E-state index in [9.17, 15) is 0 Å². The number of ether oxygens (including phenoxy) is 1. The van der Waals surface area contributed by atoms with Gasteiger partial charge in [-0.05, 0) is 37.3 Å². The molecule has 0 saturated heterocycles. The van der Waals surface area contributed by atoms with Crippen LogP contribution in [-0.2, 0) is 11.2 Å². The van der Waals surface area contributed by atoms with Crippen LogP contribution in [0.5, 0.6) is 0 Å². The van der Waals surface area contributed by atoms with Crippen LogP contribution in [0.1, 0.15) is 24.8 Å². The first-order valence-corrected chi connectivity index (χ1v) is 5.02. The van der Waals surface area contributed by atoms with Gasteiger partial charge in [0.25, 0.3) is 0 Å². The van der Waals surface area contributed by atoms with E-state index in [0.717, 1.165) is 19.4 Å². The van der Waals surface area contributed by atoms with Crippen LogP contribution >= 0.6 is 0 Å². The summed E-state index contributed by atoms with van der Waals surface area (Å²) in [7, 11) is 0. The van der Waals surface area contributed by atoms with Gasteiger partial charge >= 0.3 is 0 Å². The van der Waals surface area contributed by atoms with Gasteiger partial charge in [0.1, 0.15) is 0 Å². The summed E-state index contributed by atoms with van der Waals surface area (Å²) >= 11 is 0. The van der Waals surface area contributed by atoms with Crippen LogP contribution in [0.3, 0.4) is 0 Å². The molecule has 0 unspecified atom stereocenters. The maximum Gasteiger partial charge on any atom is 0.0577 e. The average Bonchev–Trinajstić information content (AvgIpc) is 2.98. The number of hydrogen-bond acceptors (Lipinski definition) is 1. The SMILES string of the molecule is [c]1ccc(CCCOC2CC2)cc1. The predicted octanol–water partition coefficient (Wildman–Crippen LogP) is 2.60. The lowest BCUT2D eigenvalue weighted by molar-refractivity contribution is 0.117. The van der Waals surface area contributed by atoms with Crippen molar-refractivity contribution >= 4 is 0 Å². The van der Waals surface area contributed by atoms with E-state index in [0.29, 0.717) is 6.10 Å². The topological polar surface area (TPSA) is 9.23 Å². The summed E-state index contributed by atoms with van der Waals surface area (Å²) in [6, 6.07) is 11.2. The molecule has 0 N–H and O–H groups in total. The maximum atomic E-state index is 5.57. The van der Waals surface area contributed by atoms with Gasteiger partial charge in [-0.15, -0.1) is 0 Å². The lowest BCUT2D eigenvalue weighted by Gasteiger charge is -2.01. The third-order valence-corrected chi connectivity index (χ3v) is 2.27. The average molecular weight is 175 g/mol. The molecule has 13 heavy (non-hydrogen) atoms. The molecule has 0 spiro atoms. The van der Waals surface area contributed by atoms with Crippen LogP contribution in [0.15, 0.2) is 24.3 Å². The second kappa shape index (κ2) is 4.43. The molecule has 1 heteroatoms. The van der Waals surface area contributed by atoms with Crippen molar-refractivity contribution in [3.05, 3.63) is 35.9 Å². The Labute approximate surface area is 79.7 Å². The molecule has 1 nitrogen and oxygen atoms in total. The Balaban J connectivity index is 1.61. The molecule has 0 amide bonds. The Morgan fingerprint density at radius 1 is 1.31 bits per heavy atom. The fraction of sp³-hybridized carbons (Fsp3) is 0.500. The predicted molar refractivity (Wildman–Crippen MR) is 52.6 cm³/mol. The second-order valence-corrected chi connectivity index (χ2v) is 3.58. The monoisotopic (exact) mass is 175 g/mol. The molecule has 0 aliphatic heterocycles. The number of aryl methyl sites for hydroxylation is 1. The first-order chi connectivity index (χ1) is 6.45. The van der Waals surface area contributed by atoms with Gasteiger partial charge in [0.05, 0.1) is 6.10 Å². The van der Waals surface area contributed by atoms with Crippen LogP contribution < -0.4 is 0 Å². The lowest BCUT2D eigenvalue weighted by Crippen LogP contribution is -1.97. The Kier molecular flexibility index (Phi) is 2.98. The summed E-state index contributed by atoms with van der Waals surface area (Å²) < 4.78 is 5.57. The van der Waals surface area contributed by atoms with Crippen LogP contribution in [0, 0.1) is 6.07 Å². The number of rotatable bonds is 5. The zero-order valence-electron chi connectivity index (χ0n) is 7.83. The summed E-state index contributed by atoms with van der Waals surface area (Å²) in [4.78, 5) is 0. The van der Waals surface area contributed by atoms with Crippen molar-refractivity contribution in [2.75, 3.05) is 6.61 Å². The fourth-order valence-corrected chi connectivity index (χ4v) is 1.35. The van der Waals surface area contributed by atoms with E-state index in [2.05, 4.69) is 18.2 Å². The van der Waals surface area contributed by atoms with Crippen molar-refractivity contribution in [2.24, 2.45) is 0 Å². The van der Waals surface area contributed by atoms with Crippen molar-refractivity contribution in [2.45, 2.75) is 31.8 Å². The maximum absolute atomic E-state index is 5.57. The van der Waals surface area contributed by atoms with Crippen LogP contribution in [0.25, 0.3) is 0 Å². The van der Waals surface area contributed by atoms with Gasteiger partial charge in [-0.25, -0.2) is 0 Å². The van der Waals surface area contributed by atoms with Crippen molar-refractivity contribution in [3.63, 3.8) is 0 Å². The molecule has 2 rings (SSSR count). The van der Waals surface area contributed by atoms with Gasteiger partial charge in [-0.2, -0.15) is 0 Å². The summed E-state index contributed by atoms with van der Waals surface area (Å²) in [6.07, 6.45) is 5.42. The molecule has 0 bridgehead atoms. The van der Waals surface area contributed by atoms with Crippen molar-refractivity contribution < 1.29 is 4.74 Å². The minimum Gasteiger partial charge on any atom is -0.378 e. The fourth-order valence-electron chi connectivity index (χ4n) is 1.35. The van der Waals surface area contributed by atoms with Crippen LogP contribution in [0.2, 0.25) is 0 Å². The van der Waals surface area contributed by atoms with Crippen LogP contribution in [0.4, 0.5) is 0 Å². The molecule has 69 valence electrons. The second-order valence-electron chi connectivity index (χ2n) is 3.58. The summed E-state index contributed by atoms with van der Waals surface area (Å²) in [5, 5.41) is 0. The first kappa shape index (κ1) is 8.76. The van der Waals surface area contributed by atoms with E-state index in [1.54, 1.807) is 0 Å². The van der Waals surface area contributed by atoms with Gasteiger partial charge in [0.15, 0.2) is 0 Å². The summed E-state index contributed by atoms with van der Waals surface area (Å²) in [6.45, 7) is 0.920. The highest BCUT2D eigenvalue weighted by atomic mass is 16.5. The quantitative estimate of drug-likeness (QED) is 0.625. The summed E-state index contributed by atoms with van der Waals surface area (Å²) in [5.74, 6) is 0. The van der Waals surface area contributed by atoms with Crippen LogP contribution in [-0.4, -0.2) is 12.7 Å². The molecule has 1 aromatic rings. The van der Waals surface area contributed by atoms with E-state index >= 15 is 0 Å². The highest BCUT2D eigenvalue weighted by Crippen LogP contribution is 2.23. The van der Waals surface area contributed by atoms with E-state index < -0.39 is 0 Å². The molecule has 1 aliphatic rings.